The molecule has 10 nitrogen and oxygen atoms in total. The van der Waals surface area contributed by atoms with Crippen molar-refractivity contribution in [2.24, 2.45) is 0 Å². The first-order valence-corrected chi connectivity index (χ1v) is 11.6. The van der Waals surface area contributed by atoms with Crippen LogP contribution in [0.5, 0.6) is 0 Å². The van der Waals surface area contributed by atoms with Gasteiger partial charge in [-0.1, -0.05) is 0 Å². The van der Waals surface area contributed by atoms with Crippen LogP contribution >= 0.6 is 11.8 Å². The molecule has 3 N–H and O–H groups in total. The van der Waals surface area contributed by atoms with Gasteiger partial charge in [0.15, 0.2) is 0 Å². The standard InChI is InChI=1S/C18H19N5O5S2/c24-16-14(29-18(25)22-16)10-13-7-8-19-17(21-13)20-11-3-5-12(6-4-11)23-30(26,27)15-2-1-9-28-15/h1-2,7-12,23H,3-6H2,(H,19,20,21)(H,22,24,25). The molecule has 2 fully saturated rings. The van der Waals surface area contributed by atoms with E-state index in [0.717, 1.165) is 24.6 Å². The predicted molar refractivity (Wildman–Crippen MR) is 110 cm³/mol. The van der Waals surface area contributed by atoms with Crippen molar-refractivity contribution in [1.82, 2.24) is 20.0 Å². The minimum atomic E-state index is -3.65. The second-order valence-electron chi connectivity index (χ2n) is 6.90. The molecule has 2 aromatic heterocycles. The molecule has 0 aromatic carbocycles. The molecule has 1 saturated carbocycles. The van der Waals surface area contributed by atoms with Gasteiger partial charge in [0.25, 0.3) is 21.2 Å². The van der Waals surface area contributed by atoms with Crippen molar-refractivity contribution in [3.05, 3.63) is 41.3 Å². The molecule has 2 aliphatic rings. The summed E-state index contributed by atoms with van der Waals surface area (Å²) in [4.78, 5) is 31.8. The van der Waals surface area contributed by atoms with Gasteiger partial charge in [-0.2, -0.15) is 0 Å². The van der Waals surface area contributed by atoms with Crippen molar-refractivity contribution in [1.29, 1.82) is 0 Å². The van der Waals surface area contributed by atoms with Crippen LogP contribution in [0.3, 0.4) is 0 Å². The Kier molecular flexibility index (Phi) is 5.88. The summed E-state index contributed by atoms with van der Waals surface area (Å²) in [5.74, 6) is -0.0212. The Labute approximate surface area is 177 Å². The van der Waals surface area contributed by atoms with Gasteiger partial charge in [-0.15, -0.1) is 0 Å². The van der Waals surface area contributed by atoms with Gasteiger partial charge in [0.2, 0.25) is 11.0 Å². The number of hydrogen-bond donors (Lipinski definition) is 3. The molecule has 0 unspecified atom stereocenters. The van der Waals surface area contributed by atoms with Crippen molar-refractivity contribution in [2.75, 3.05) is 5.32 Å². The molecule has 0 atom stereocenters. The van der Waals surface area contributed by atoms with E-state index in [1.807, 2.05) is 0 Å². The van der Waals surface area contributed by atoms with Crippen LogP contribution < -0.4 is 15.4 Å². The van der Waals surface area contributed by atoms with E-state index in [0.29, 0.717) is 24.5 Å². The molecular formula is C18H19N5O5S2. The Morgan fingerprint density at radius 3 is 2.60 bits per heavy atom. The average Bonchev–Trinajstić information content (AvgIpc) is 3.34. The first-order valence-electron chi connectivity index (χ1n) is 9.29. The summed E-state index contributed by atoms with van der Waals surface area (Å²) in [5, 5.41) is 4.97. The molecule has 158 valence electrons. The fraction of sp³-hybridized carbons (Fsp3) is 0.333. The van der Waals surface area contributed by atoms with Crippen LogP contribution in [0, 0.1) is 0 Å². The highest BCUT2D eigenvalue weighted by Gasteiger charge is 2.28. The van der Waals surface area contributed by atoms with Crippen LogP contribution in [0.2, 0.25) is 0 Å². The Morgan fingerprint density at radius 1 is 1.17 bits per heavy atom. The highest BCUT2D eigenvalue weighted by molar-refractivity contribution is 8.18. The molecule has 0 bridgehead atoms. The topological polar surface area (TPSA) is 143 Å². The van der Waals surface area contributed by atoms with E-state index >= 15 is 0 Å². The first-order chi connectivity index (χ1) is 14.4. The van der Waals surface area contributed by atoms with Gasteiger partial charge in [-0.3, -0.25) is 14.9 Å². The number of nitrogens with zero attached hydrogens (tertiary/aromatic N) is 2. The molecule has 3 heterocycles. The third-order valence-corrected chi connectivity index (χ3v) is 6.96. The maximum Gasteiger partial charge on any atom is 0.290 e. The number of carbonyl (C=O) groups is 2. The third kappa shape index (κ3) is 4.89. The van der Waals surface area contributed by atoms with E-state index in [2.05, 4.69) is 25.3 Å². The van der Waals surface area contributed by atoms with Crippen molar-refractivity contribution in [3.63, 3.8) is 0 Å². The van der Waals surface area contributed by atoms with Crippen LogP contribution in [0.1, 0.15) is 31.4 Å². The number of aromatic nitrogens is 2. The molecule has 0 radical (unpaired) electrons. The molecule has 2 amide bonds. The molecule has 1 saturated heterocycles. The number of nitrogens with one attached hydrogen (secondary N) is 3. The number of amides is 2. The molecule has 0 spiro atoms. The minimum absolute atomic E-state index is 0.0853. The number of anilines is 1. The summed E-state index contributed by atoms with van der Waals surface area (Å²) in [5.41, 5.74) is 0.514. The third-order valence-electron chi connectivity index (χ3n) is 4.74. The molecule has 30 heavy (non-hydrogen) atoms. The summed E-state index contributed by atoms with van der Waals surface area (Å²) in [6.07, 6.45) is 7.26. The normalized spacial score (nSPS) is 23.5. The van der Waals surface area contributed by atoms with E-state index in [4.69, 9.17) is 4.42 Å². The van der Waals surface area contributed by atoms with Crippen molar-refractivity contribution >= 4 is 45.0 Å². The largest absolute Gasteiger partial charge is 0.452 e. The number of thioether (sulfide) groups is 1. The van der Waals surface area contributed by atoms with Gasteiger partial charge in [0, 0.05) is 18.3 Å². The Hall–Kier alpha value is -2.70. The smallest absolute Gasteiger partial charge is 0.290 e. The molecule has 1 aliphatic carbocycles. The summed E-state index contributed by atoms with van der Waals surface area (Å²) < 4.78 is 32.2. The maximum atomic E-state index is 12.3. The van der Waals surface area contributed by atoms with Gasteiger partial charge < -0.3 is 9.73 Å². The van der Waals surface area contributed by atoms with Crippen LogP contribution in [0.4, 0.5) is 10.7 Å². The van der Waals surface area contributed by atoms with Crippen LogP contribution in [0.25, 0.3) is 6.08 Å². The molecular weight excluding hydrogens is 430 g/mol. The van der Waals surface area contributed by atoms with Gasteiger partial charge in [0.1, 0.15) is 0 Å². The lowest BCUT2D eigenvalue weighted by Crippen LogP contribution is -2.40. The summed E-state index contributed by atoms with van der Waals surface area (Å²) in [7, 11) is -3.65. The van der Waals surface area contributed by atoms with E-state index in [-0.39, 0.29) is 22.1 Å². The quantitative estimate of drug-likeness (QED) is 0.565. The van der Waals surface area contributed by atoms with Gasteiger partial charge in [0.05, 0.1) is 16.9 Å². The Balaban J connectivity index is 1.33. The lowest BCUT2D eigenvalue weighted by molar-refractivity contribution is -0.115. The van der Waals surface area contributed by atoms with Crippen molar-refractivity contribution in [2.45, 2.75) is 42.9 Å². The van der Waals surface area contributed by atoms with Gasteiger partial charge >= 0.3 is 0 Å². The molecule has 2 aromatic rings. The maximum absolute atomic E-state index is 12.3. The van der Waals surface area contributed by atoms with Gasteiger partial charge in [-0.25, -0.2) is 23.1 Å². The summed E-state index contributed by atoms with van der Waals surface area (Å²) >= 11 is 0.832. The van der Waals surface area contributed by atoms with Gasteiger partial charge in [-0.05, 0) is 61.7 Å². The van der Waals surface area contributed by atoms with Crippen molar-refractivity contribution < 1.29 is 22.4 Å². The van der Waals surface area contributed by atoms with E-state index in [1.165, 1.54) is 24.5 Å². The zero-order valence-electron chi connectivity index (χ0n) is 15.7. The highest BCUT2D eigenvalue weighted by atomic mass is 32.2. The number of rotatable bonds is 6. The fourth-order valence-corrected chi connectivity index (χ4v) is 5.21. The summed E-state index contributed by atoms with van der Waals surface area (Å²) in [6.45, 7) is 0. The lowest BCUT2D eigenvalue weighted by atomic mass is 9.92. The number of sulfonamides is 1. The van der Waals surface area contributed by atoms with E-state index < -0.39 is 21.2 Å². The number of hydrogen-bond acceptors (Lipinski definition) is 9. The number of imide groups is 1. The number of furan rings is 1. The van der Waals surface area contributed by atoms with E-state index in [1.54, 1.807) is 12.3 Å². The van der Waals surface area contributed by atoms with E-state index in [9.17, 15) is 18.0 Å². The minimum Gasteiger partial charge on any atom is -0.452 e. The van der Waals surface area contributed by atoms with Crippen LogP contribution in [-0.2, 0) is 14.8 Å². The highest BCUT2D eigenvalue weighted by Crippen LogP contribution is 2.26. The molecule has 4 rings (SSSR count). The Morgan fingerprint density at radius 2 is 1.93 bits per heavy atom. The van der Waals surface area contributed by atoms with Crippen molar-refractivity contribution in [3.8, 4) is 0 Å². The molecule has 12 heteroatoms. The second-order valence-corrected chi connectivity index (χ2v) is 9.56. The average molecular weight is 450 g/mol. The Bertz CT molecular complexity index is 1080. The first kappa shape index (κ1) is 20.6. The number of carbonyl (C=O) groups excluding carboxylic acids is 2. The second kappa shape index (κ2) is 8.58. The molecule has 1 aliphatic heterocycles. The van der Waals surface area contributed by atoms with Crippen LogP contribution in [-0.4, -0.2) is 41.6 Å². The lowest BCUT2D eigenvalue weighted by Gasteiger charge is -2.29. The van der Waals surface area contributed by atoms with Crippen LogP contribution in [0.15, 0.2) is 45.1 Å². The monoisotopic (exact) mass is 449 g/mol. The zero-order chi connectivity index (χ0) is 21.1. The summed E-state index contributed by atoms with van der Waals surface area (Å²) in [6, 6.07) is 4.54. The SMILES string of the molecule is O=C1NC(=O)C(=Cc2ccnc(NC3CCC(NS(=O)(=O)c4ccco4)CC3)n2)S1. The zero-order valence-corrected chi connectivity index (χ0v) is 17.3. The predicted octanol–water partition coefficient (Wildman–Crippen LogP) is 2.10. The fourth-order valence-electron chi connectivity index (χ4n) is 3.31.